The van der Waals surface area contributed by atoms with Crippen LogP contribution < -0.4 is 9.47 Å². The maximum atomic E-state index is 13.2. The molecular weight excluding hydrogens is 304 g/mol. The van der Waals surface area contributed by atoms with Crippen LogP contribution in [0.5, 0.6) is 11.5 Å². The first-order valence-electron chi connectivity index (χ1n) is 6.03. The van der Waals surface area contributed by atoms with Crippen LogP contribution in [0.4, 0.5) is 17.6 Å². The third-order valence-corrected chi connectivity index (χ3v) is 2.73. The summed E-state index contributed by atoms with van der Waals surface area (Å²) in [5, 5.41) is 0. The van der Waals surface area contributed by atoms with Crippen LogP contribution >= 0.6 is 0 Å². The van der Waals surface area contributed by atoms with Crippen molar-refractivity contribution in [3.05, 3.63) is 59.4 Å². The highest BCUT2D eigenvalue weighted by Gasteiger charge is 2.32. The Kier molecular flexibility index (Phi) is 4.35. The first-order valence-corrected chi connectivity index (χ1v) is 6.03. The molecule has 3 nitrogen and oxygen atoms in total. The van der Waals surface area contributed by atoms with Crippen molar-refractivity contribution >= 4 is 5.97 Å². The average molecular weight is 314 g/mol. The van der Waals surface area contributed by atoms with Gasteiger partial charge in [0.05, 0.1) is 18.2 Å². The van der Waals surface area contributed by atoms with Gasteiger partial charge < -0.3 is 9.47 Å². The zero-order valence-corrected chi connectivity index (χ0v) is 11.3. The zero-order chi connectivity index (χ0) is 16.3. The molecule has 22 heavy (non-hydrogen) atoms. The van der Waals surface area contributed by atoms with Gasteiger partial charge in [0, 0.05) is 0 Å². The molecule has 0 amide bonds. The van der Waals surface area contributed by atoms with Crippen molar-refractivity contribution in [1.29, 1.82) is 0 Å². The highest BCUT2D eigenvalue weighted by atomic mass is 19.4. The predicted molar refractivity (Wildman–Crippen MR) is 69.4 cm³/mol. The molecule has 116 valence electrons. The molecule has 0 aliphatic carbocycles. The fraction of sp³-hybridized carbons (Fsp3) is 0.133. The number of ether oxygens (including phenoxy) is 2. The second-order valence-electron chi connectivity index (χ2n) is 4.29. The summed E-state index contributed by atoms with van der Waals surface area (Å²) in [7, 11) is 1.45. The fourth-order valence-electron chi connectivity index (χ4n) is 1.68. The second-order valence-corrected chi connectivity index (χ2v) is 4.29. The lowest BCUT2D eigenvalue weighted by Gasteiger charge is -2.09. The lowest BCUT2D eigenvalue weighted by Crippen LogP contribution is -2.12. The number of esters is 1. The highest BCUT2D eigenvalue weighted by molar-refractivity contribution is 5.91. The molecule has 0 N–H and O–H groups in total. The maximum absolute atomic E-state index is 13.2. The molecule has 0 fully saturated rings. The smallest absolute Gasteiger partial charge is 0.416 e. The minimum Gasteiger partial charge on any atom is -0.497 e. The van der Waals surface area contributed by atoms with Gasteiger partial charge in [-0.25, -0.2) is 9.18 Å². The molecule has 0 atom stereocenters. The molecule has 0 unspecified atom stereocenters. The van der Waals surface area contributed by atoms with Gasteiger partial charge in [-0.15, -0.1) is 0 Å². The summed E-state index contributed by atoms with van der Waals surface area (Å²) in [6.07, 6.45) is -4.75. The Morgan fingerprint density at radius 3 is 2.14 bits per heavy atom. The Balaban J connectivity index is 2.23. The molecule has 0 spiro atoms. The molecule has 7 heteroatoms. The van der Waals surface area contributed by atoms with E-state index >= 15 is 0 Å². The number of carbonyl (C=O) groups excluding carboxylic acids is 1. The molecule has 0 aliphatic heterocycles. The van der Waals surface area contributed by atoms with E-state index in [0.717, 1.165) is 0 Å². The number of benzene rings is 2. The van der Waals surface area contributed by atoms with Crippen molar-refractivity contribution in [2.24, 2.45) is 0 Å². The summed E-state index contributed by atoms with van der Waals surface area (Å²) in [5.74, 6) is -1.64. The van der Waals surface area contributed by atoms with Crippen molar-refractivity contribution in [3.8, 4) is 11.5 Å². The van der Waals surface area contributed by atoms with Crippen molar-refractivity contribution in [2.45, 2.75) is 6.18 Å². The Hall–Kier alpha value is -2.57. The van der Waals surface area contributed by atoms with Crippen molar-refractivity contribution in [1.82, 2.24) is 0 Å². The lowest BCUT2D eigenvalue weighted by molar-refractivity contribution is -0.137. The van der Waals surface area contributed by atoms with Crippen LogP contribution in [0.1, 0.15) is 15.9 Å². The van der Waals surface area contributed by atoms with E-state index in [-0.39, 0.29) is 5.75 Å². The fourth-order valence-corrected chi connectivity index (χ4v) is 1.68. The topological polar surface area (TPSA) is 35.5 Å². The molecule has 0 saturated heterocycles. The van der Waals surface area contributed by atoms with E-state index in [2.05, 4.69) is 0 Å². The first kappa shape index (κ1) is 15.8. The molecule has 0 saturated carbocycles. The molecular formula is C15H10F4O3. The summed E-state index contributed by atoms with van der Waals surface area (Å²) in [6, 6.07) is 7.35. The largest absolute Gasteiger partial charge is 0.497 e. The van der Waals surface area contributed by atoms with Crippen LogP contribution in [0.3, 0.4) is 0 Å². The van der Waals surface area contributed by atoms with Crippen molar-refractivity contribution in [2.75, 3.05) is 7.11 Å². The van der Waals surface area contributed by atoms with Crippen LogP contribution in [0.15, 0.2) is 42.5 Å². The number of carbonyl (C=O) groups is 1. The third-order valence-electron chi connectivity index (χ3n) is 2.73. The Morgan fingerprint density at radius 2 is 1.59 bits per heavy atom. The SMILES string of the molecule is COc1ccc(OC(=O)c2cc(F)cc(C(F)(F)F)c2)cc1. The number of methoxy groups -OCH3 is 1. The molecule has 2 rings (SSSR count). The van der Waals surface area contributed by atoms with Crippen LogP contribution in [0.25, 0.3) is 0 Å². The Bertz CT molecular complexity index is 678. The minimum atomic E-state index is -4.75. The zero-order valence-electron chi connectivity index (χ0n) is 11.3. The quantitative estimate of drug-likeness (QED) is 0.487. The van der Waals surface area contributed by atoms with Gasteiger partial charge in [-0.05, 0) is 42.5 Å². The van der Waals surface area contributed by atoms with E-state index < -0.39 is 29.1 Å². The molecule has 2 aromatic rings. The maximum Gasteiger partial charge on any atom is 0.416 e. The van der Waals surface area contributed by atoms with Crippen LogP contribution in [-0.2, 0) is 6.18 Å². The van der Waals surface area contributed by atoms with E-state index in [1.54, 1.807) is 0 Å². The van der Waals surface area contributed by atoms with Gasteiger partial charge in [-0.1, -0.05) is 0 Å². The molecule has 0 radical (unpaired) electrons. The van der Waals surface area contributed by atoms with Crippen LogP contribution in [-0.4, -0.2) is 13.1 Å². The number of rotatable bonds is 3. The van der Waals surface area contributed by atoms with E-state index in [1.807, 2.05) is 0 Å². The average Bonchev–Trinajstić information content (AvgIpc) is 2.46. The lowest BCUT2D eigenvalue weighted by atomic mass is 10.1. The number of hydrogen-bond acceptors (Lipinski definition) is 3. The van der Waals surface area contributed by atoms with Gasteiger partial charge in [-0.2, -0.15) is 13.2 Å². The molecule has 2 aromatic carbocycles. The molecule has 0 aromatic heterocycles. The van der Waals surface area contributed by atoms with E-state index in [4.69, 9.17) is 9.47 Å². The highest BCUT2D eigenvalue weighted by Crippen LogP contribution is 2.30. The summed E-state index contributed by atoms with van der Waals surface area (Å²) >= 11 is 0. The van der Waals surface area contributed by atoms with Gasteiger partial charge in [0.2, 0.25) is 0 Å². The van der Waals surface area contributed by atoms with Gasteiger partial charge in [-0.3, -0.25) is 0 Å². The van der Waals surface area contributed by atoms with Gasteiger partial charge >= 0.3 is 12.1 Å². The summed E-state index contributed by atoms with van der Waals surface area (Å²) in [5.41, 5.74) is -1.78. The van der Waals surface area contributed by atoms with Crippen molar-refractivity contribution in [3.63, 3.8) is 0 Å². The molecule has 0 heterocycles. The second kappa shape index (κ2) is 6.05. The third kappa shape index (κ3) is 3.75. The van der Waals surface area contributed by atoms with Crippen LogP contribution in [0, 0.1) is 5.82 Å². The summed E-state index contributed by atoms with van der Waals surface area (Å²) in [4.78, 5) is 11.8. The van der Waals surface area contributed by atoms with Gasteiger partial charge in [0.1, 0.15) is 17.3 Å². The van der Waals surface area contributed by atoms with Gasteiger partial charge in [0.25, 0.3) is 0 Å². The molecule has 0 aliphatic rings. The Labute approximate surface area is 123 Å². The van der Waals surface area contributed by atoms with E-state index in [9.17, 15) is 22.4 Å². The van der Waals surface area contributed by atoms with Crippen molar-refractivity contribution < 1.29 is 31.8 Å². The predicted octanol–water partition coefficient (Wildman–Crippen LogP) is 4.07. The first-order chi connectivity index (χ1) is 10.3. The summed E-state index contributed by atoms with van der Waals surface area (Å²) < 4.78 is 60.8. The Morgan fingerprint density at radius 1 is 1.00 bits per heavy atom. The van der Waals surface area contributed by atoms with Crippen LogP contribution in [0.2, 0.25) is 0 Å². The minimum absolute atomic E-state index is 0.101. The number of alkyl halides is 3. The van der Waals surface area contributed by atoms with E-state index in [0.29, 0.717) is 23.9 Å². The standard InChI is InChI=1S/C15H10F4O3/c1-21-12-2-4-13(5-3-12)22-14(20)9-6-10(15(17,18)19)8-11(16)7-9/h2-8H,1H3. The molecule has 0 bridgehead atoms. The number of halogens is 4. The van der Waals surface area contributed by atoms with E-state index in [1.165, 1.54) is 31.4 Å². The normalized spacial score (nSPS) is 11.1. The summed E-state index contributed by atoms with van der Waals surface area (Å²) in [6.45, 7) is 0. The van der Waals surface area contributed by atoms with Gasteiger partial charge in [0.15, 0.2) is 0 Å². The monoisotopic (exact) mass is 314 g/mol. The number of hydrogen-bond donors (Lipinski definition) is 0.